The van der Waals surface area contributed by atoms with E-state index in [0.29, 0.717) is 19.1 Å². The van der Waals surface area contributed by atoms with E-state index in [1.165, 1.54) is 6.07 Å². The Morgan fingerprint density at radius 3 is 2.63 bits per heavy atom. The smallest absolute Gasteiger partial charge is 0.411 e. The van der Waals surface area contributed by atoms with Crippen LogP contribution in [-0.4, -0.2) is 36.4 Å². The summed E-state index contributed by atoms with van der Waals surface area (Å²) >= 11 is 0. The van der Waals surface area contributed by atoms with Gasteiger partial charge in [-0.1, -0.05) is 18.2 Å². The summed E-state index contributed by atoms with van der Waals surface area (Å²) in [5, 5.41) is 0. The van der Waals surface area contributed by atoms with Crippen LogP contribution in [0.5, 0.6) is 11.5 Å². The van der Waals surface area contributed by atoms with Gasteiger partial charge in [0, 0.05) is 6.54 Å². The van der Waals surface area contributed by atoms with E-state index >= 15 is 0 Å². The number of carbonyl (C=O) groups excluding carboxylic acids is 1. The molecule has 0 radical (unpaired) electrons. The number of nitrogens with zero attached hydrogens (tertiary/aromatic N) is 1. The molecule has 0 aromatic heterocycles. The quantitative estimate of drug-likeness (QED) is 0.656. The summed E-state index contributed by atoms with van der Waals surface area (Å²) < 4.78 is 41.1. The molecule has 1 aliphatic heterocycles. The zero-order chi connectivity index (χ0) is 19.6. The first-order valence-electron chi connectivity index (χ1n) is 9.11. The number of halogens is 2. The van der Waals surface area contributed by atoms with E-state index in [9.17, 15) is 13.6 Å². The first-order chi connectivity index (χ1) is 12.7. The lowest BCUT2D eigenvalue weighted by Crippen LogP contribution is -2.36. The summed E-state index contributed by atoms with van der Waals surface area (Å²) in [6.45, 7) is 3.40. The Hall–Kier alpha value is -2.31. The lowest BCUT2D eigenvalue weighted by atomic mass is 10.1. The van der Waals surface area contributed by atoms with Crippen LogP contribution in [0.2, 0.25) is 0 Å². The Morgan fingerprint density at radius 1 is 1.26 bits per heavy atom. The highest BCUT2D eigenvalue weighted by atomic mass is 19.3. The molecule has 1 fully saturated rings. The molecule has 1 aromatic carbocycles. The van der Waals surface area contributed by atoms with Crippen LogP contribution in [0, 0.1) is 5.92 Å². The topological polar surface area (TPSA) is 48.0 Å². The van der Waals surface area contributed by atoms with E-state index in [1.54, 1.807) is 17.0 Å². The third-order valence-electron chi connectivity index (χ3n) is 4.28. The van der Waals surface area contributed by atoms with Crippen molar-refractivity contribution < 1.29 is 27.8 Å². The summed E-state index contributed by atoms with van der Waals surface area (Å²) in [5.74, 6) is 0.738. The van der Waals surface area contributed by atoms with Gasteiger partial charge < -0.3 is 14.2 Å². The summed E-state index contributed by atoms with van der Waals surface area (Å²) in [6.07, 6.45) is 5.51. The van der Waals surface area contributed by atoms with Gasteiger partial charge in [-0.2, -0.15) is 8.78 Å². The molecule has 148 valence electrons. The first-order valence-corrected chi connectivity index (χ1v) is 9.11. The molecule has 1 atom stereocenters. The molecule has 3 rings (SSSR count). The highest BCUT2D eigenvalue weighted by molar-refractivity contribution is 5.70. The fraction of sp³-hybridized carbons (Fsp3) is 0.550. The number of ether oxygens (including phenoxy) is 3. The molecule has 0 saturated heterocycles. The van der Waals surface area contributed by atoms with Crippen molar-refractivity contribution in [1.29, 1.82) is 0 Å². The number of hydrogen-bond donors (Lipinski definition) is 0. The van der Waals surface area contributed by atoms with Gasteiger partial charge in [-0.15, -0.1) is 0 Å². The summed E-state index contributed by atoms with van der Waals surface area (Å²) in [6, 6.07) is 4.45. The van der Waals surface area contributed by atoms with Gasteiger partial charge in [0.25, 0.3) is 0 Å². The lowest BCUT2D eigenvalue weighted by molar-refractivity contribution is -0.0515. The van der Waals surface area contributed by atoms with Crippen molar-refractivity contribution in [1.82, 2.24) is 4.90 Å². The molecule has 1 aliphatic carbocycles. The summed E-state index contributed by atoms with van der Waals surface area (Å²) in [7, 11) is 0. The van der Waals surface area contributed by atoms with E-state index in [0.717, 1.165) is 18.4 Å². The third kappa shape index (κ3) is 5.34. The van der Waals surface area contributed by atoms with E-state index in [2.05, 4.69) is 4.74 Å². The van der Waals surface area contributed by atoms with Crippen LogP contribution in [0.15, 0.2) is 30.4 Å². The van der Waals surface area contributed by atoms with E-state index in [-0.39, 0.29) is 17.5 Å². The fourth-order valence-corrected chi connectivity index (χ4v) is 2.83. The second kappa shape index (κ2) is 7.74. The molecule has 27 heavy (non-hydrogen) atoms. The number of alkyl halides is 2. The number of carbonyl (C=O) groups is 1. The number of amides is 1. The van der Waals surface area contributed by atoms with Gasteiger partial charge >= 0.3 is 12.7 Å². The maximum atomic E-state index is 12.7. The number of hydrogen-bond acceptors (Lipinski definition) is 4. The highest BCUT2D eigenvalue weighted by Gasteiger charge is 2.31. The number of benzene rings is 1. The van der Waals surface area contributed by atoms with E-state index < -0.39 is 18.3 Å². The van der Waals surface area contributed by atoms with Crippen molar-refractivity contribution >= 4 is 6.09 Å². The van der Waals surface area contributed by atoms with Gasteiger partial charge in [-0.25, -0.2) is 4.79 Å². The second-order valence-electron chi connectivity index (χ2n) is 7.84. The predicted octanol–water partition coefficient (Wildman–Crippen LogP) is 4.92. The molecule has 1 aromatic rings. The second-order valence-corrected chi connectivity index (χ2v) is 7.84. The van der Waals surface area contributed by atoms with Crippen LogP contribution in [-0.2, 0) is 4.74 Å². The van der Waals surface area contributed by atoms with Gasteiger partial charge in [-0.3, -0.25) is 4.90 Å². The molecule has 1 saturated carbocycles. The van der Waals surface area contributed by atoms with Gasteiger partial charge in [0.05, 0.1) is 12.6 Å². The average Bonchev–Trinajstić information content (AvgIpc) is 3.25. The van der Waals surface area contributed by atoms with Crippen molar-refractivity contribution in [3.63, 3.8) is 0 Å². The van der Waals surface area contributed by atoms with Gasteiger partial charge in [0.1, 0.15) is 5.60 Å². The number of rotatable bonds is 6. The minimum Gasteiger partial charge on any atom is -0.489 e. The third-order valence-corrected chi connectivity index (χ3v) is 4.28. The van der Waals surface area contributed by atoms with Crippen molar-refractivity contribution in [2.75, 3.05) is 13.2 Å². The van der Waals surface area contributed by atoms with Crippen LogP contribution >= 0.6 is 0 Å². The Kier molecular flexibility index (Phi) is 5.58. The lowest BCUT2D eigenvalue weighted by Gasteiger charge is -2.29. The SMILES string of the molecule is CC(C)(C)OC(=O)N1CC=CC1c1ccc(OC(F)F)c(OCC2CC2)c1. The van der Waals surface area contributed by atoms with Crippen LogP contribution < -0.4 is 9.47 Å². The fourth-order valence-electron chi connectivity index (χ4n) is 2.83. The normalized spacial score (nSPS) is 19.5. The predicted molar refractivity (Wildman–Crippen MR) is 96.1 cm³/mol. The van der Waals surface area contributed by atoms with Crippen molar-refractivity contribution in [3.8, 4) is 11.5 Å². The highest BCUT2D eigenvalue weighted by Crippen LogP contribution is 2.37. The molecule has 1 heterocycles. The molecule has 5 nitrogen and oxygen atoms in total. The molecule has 7 heteroatoms. The van der Waals surface area contributed by atoms with E-state index in [4.69, 9.17) is 9.47 Å². The summed E-state index contributed by atoms with van der Waals surface area (Å²) in [4.78, 5) is 14.1. The van der Waals surface area contributed by atoms with Gasteiger partial charge in [0.15, 0.2) is 11.5 Å². The Balaban J connectivity index is 1.80. The van der Waals surface area contributed by atoms with Crippen LogP contribution in [0.1, 0.15) is 45.2 Å². The van der Waals surface area contributed by atoms with Crippen LogP contribution in [0.25, 0.3) is 0 Å². The van der Waals surface area contributed by atoms with Crippen LogP contribution in [0.4, 0.5) is 13.6 Å². The molecule has 0 N–H and O–H groups in total. The Bertz CT molecular complexity index is 710. The Labute approximate surface area is 157 Å². The largest absolute Gasteiger partial charge is 0.489 e. The monoisotopic (exact) mass is 381 g/mol. The molecule has 2 aliphatic rings. The van der Waals surface area contributed by atoms with Gasteiger partial charge in [0.2, 0.25) is 0 Å². The standard InChI is InChI=1S/C20H25F2NO4/c1-20(2,3)27-19(24)23-10-4-5-15(23)14-8-9-16(26-18(21)22)17(11-14)25-12-13-6-7-13/h4-5,8-9,11,13,15,18H,6-7,10,12H2,1-3H3. The maximum Gasteiger partial charge on any atom is 0.411 e. The zero-order valence-corrected chi connectivity index (χ0v) is 15.8. The molecular weight excluding hydrogens is 356 g/mol. The average molecular weight is 381 g/mol. The van der Waals surface area contributed by atoms with E-state index in [1.807, 2.05) is 32.9 Å². The molecule has 0 spiro atoms. The van der Waals surface area contributed by atoms with Gasteiger partial charge in [-0.05, 0) is 57.2 Å². The van der Waals surface area contributed by atoms with Crippen molar-refractivity contribution in [2.45, 2.75) is 51.9 Å². The first kappa shape index (κ1) is 19.5. The van der Waals surface area contributed by atoms with Crippen LogP contribution in [0.3, 0.4) is 0 Å². The Morgan fingerprint density at radius 2 is 2.00 bits per heavy atom. The van der Waals surface area contributed by atoms with Crippen molar-refractivity contribution in [3.05, 3.63) is 35.9 Å². The molecule has 1 unspecified atom stereocenters. The molecule has 1 amide bonds. The van der Waals surface area contributed by atoms with Crippen molar-refractivity contribution in [2.24, 2.45) is 5.92 Å². The zero-order valence-electron chi connectivity index (χ0n) is 15.8. The molecule has 0 bridgehead atoms. The minimum atomic E-state index is -2.93. The minimum absolute atomic E-state index is 0.000180. The molecular formula is C20H25F2NO4. The summed E-state index contributed by atoms with van der Waals surface area (Å²) in [5.41, 5.74) is 0.152. The maximum absolute atomic E-state index is 12.7.